The predicted molar refractivity (Wildman–Crippen MR) is 87.9 cm³/mol. The van der Waals surface area contributed by atoms with Gasteiger partial charge in [-0.05, 0) is 42.8 Å². The molecular weight excluding hydrogens is 332 g/mol. The van der Waals surface area contributed by atoms with Gasteiger partial charge in [-0.2, -0.15) is 0 Å². The molecule has 132 valence electrons. The minimum absolute atomic E-state index is 0.0624. The number of phenols is 5. The summed E-state index contributed by atoms with van der Waals surface area (Å²) in [6.07, 6.45) is 2.97. The highest BCUT2D eigenvalue weighted by Gasteiger charge is 2.11. The third-order valence-corrected chi connectivity index (χ3v) is 2.83. The van der Waals surface area contributed by atoms with Crippen molar-refractivity contribution >= 4 is 17.8 Å². The monoisotopic (exact) mass is 348 g/mol. The molecule has 0 aliphatic carbocycles. The smallest absolute Gasteiger partial charge is 0.335 e. The fraction of sp³-hybridized carbons (Fsp3) is 0.0588. The molecule has 2 rings (SSSR count). The number of hydrogen-bond donors (Lipinski definition) is 6. The Morgan fingerprint density at radius 1 is 0.840 bits per heavy atom. The Morgan fingerprint density at radius 3 is 1.84 bits per heavy atom. The Morgan fingerprint density at radius 2 is 1.40 bits per heavy atom. The first kappa shape index (κ1) is 19.4. The summed E-state index contributed by atoms with van der Waals surface area (Å²) in [7, 11) is 0. The highest BCUT2D eigenvalue weighted by Crippen LogP contribution is 2.35. The normalized spacial score (nSPS) is 10.1. The van der Waals surface area contributed by atoms with E-state index in [-0.39, 0.29) is 22.8 Å². The molecule has 0 spiro atoms. The Balaban J connectivity index is 0.000000251. The zero-order valence-electron chi connectivity index (χ0n) is 13.0. The Kier molecular flexibility index (Phi) is 6.39. The van der Waals surface area contributed by atoms with Crippen LogP contribution in [0.2, 0.25) is 0 Å². The third-order valence-electron chi connectivity index (χ3n) is 2.83. The molecule has 0 heterocycles. The number of benzene rings is 2. The number of carbonyl (C=O) groups is 2. The molecule has 0 radical (unpaired) electrons. The van der Waals surface area contributed by atoms with Crippen molar-refractivity contribution < 1.29 is 40.2 Å². The fourth-order valence-electron chi connectivity index (χ4n) is 1.59. The molecule has 2 aromatic rings. The SMILES string of the molecule is CC(=O)/C=C/c1ccc(O)c(O)c1.O=C(O)c1cc(O)c(O)c(O)c1. The zero-order valence-corrected chi connectivity index (χ0v) is 13.0. The zero-order chi connectivity index (χ0) is 19.1. The molecule has 0 aliphatic heterocycles. The van der Waals surface area contributed by atoms with Crippen LogP contribution in [0.3, 0.4) is 0 Å². The van der Waals surface area contributed by atoms with E-state index in [1.165, 1.54) is 25.1 Å². The lowest BCUT2D eigenvalue weighted by Crippen LogP contribution is -1.95. The molecule has 0 aliphatic rings. The summed E-state index contributed by atoms with van der Waals surface area (Å²) >= 11 is 0. The first-order chi connectivity index (χ1) is 11.6. The van der Waals surface area contributed by atoms with Crippen LogP contribution in [0.5, 0.6) is 28.7 Å². The van der Waals surface area contributed by atoms with Crippen LogP contribution in [-0.4, -0.2) is 42.4 Å². The van der Waals surface area contributed by atoms with Gasteiger partial charge in [0.15, 0.2) is 34.5 Å². The van der Waals surface area contributed by atoms with E-state index in [4.69, 9.17) is 30.6 Å². The minimum Gasteiger partial charge on any atom is -0.504 e. The molecular formula is C17H16O8. The molecule has 0 saturated heterocycles. The molecule has 2 aromatic carbocycles. The molecule has 8 heteroatoms. The van der Waals surface area contributed by atoms with Crippen LogP contribution in [0.4, 0.5) is 0 Å². The summed E-state index contributed by atoms with van der Waals surface area (Å²) in [5.74, 6) is -3.75. The van der Waals surface area contributed by atoms with E-state index in [1.807, 2.05) is 0 Å². The number of ketones is 1. The molecule has 0 saturated carbocycles. The summed E-state index contributed by atoms with van der Waals surface area (Å²) in [5.41, 5.74) is 0.383. The van der Waals surface area contributed by atoms with Gasteiger partial charge in [0, 0.05) is 0 Å². The van der Waals surface area contributed by atoms with Crippen molar-refractivity contribution in [2.45, 2.75) is 6.92 Å². The maximum Gasteiger partial charge on any atom is 0.335 e. The van der Waals surface area contributed by atoms with Crippen LogP contribution in [0.25, 0.3) is 6.08 Å². The van der Waals surface area contributed by atoms with Gasteiger partial charge >= 0.3 is 5.97 Å². The van der Waals surface area contributed by atoms with Crippen LogP contribution < -0.4 is 0 Å². The quantitative estimate of drug-likeness (QED) is 0.364. The molecule has 0 aromatic heterocycles. The van der Waals surface area contributed by atoms with E-state index in [0.717, 1.165) is 12.1 Å². The Labute approximate surface area is 142 Å². The van der Waals surface area contributed by atoms with Crippen LogP contribution >= 0.6 is 0 Å². The molecule has 0 atom stereocenters. The highest BCUT2D eigenvalue weighted by atomic mass is 16.4. The van der Waals surface area contributed by atoms with Gasteiger partial charge in [0.05, 0.1) is 5.56 Å². The molecule has 0 fully saturated rings. The van der Waals surface area contributed by atoms with Crippen molar-refractivity contribution in [1.82, 2.24) is 0 Å². The lowest BCUT2D eigenvalue weighted by Gasteiger charge is -2.01. The lowest BCUT2D eigenvalue weighted by molar-refractivity contribution is -0.112. The van der Waals surface area contributed by atoms with E-state index in [1.54, 1.807) is 12.1 Å². The van der Waals surface area contributed by atoms with Gasteiger partial charge in [-0.3, -0.25) is 4.79 Å². The third kappa shape index (κ3) is 5.79. The van der Waals surface area contributed by atoms with Crippen LogP contribution in [0, 0.1) is 0 Å². The lowest BCUT2D eigenvalue weighted by atomic mass is 10.2. The summed E-state index contributed by atoms with van der Waals surface area (Å²) < 4.78 is 0. The average Bonchev–Trinajstić information content (AvgIpc) is 2.53. The van der Waals surface area contributed by atoms with E-state index >= 15 is 0 Å². The van der Waals surface area contributed by atoms with Gasteiger partial charge in [0.2, 0.25) is 0 Å². The maximum atomic E-state index is 10.6. The summed E-state index contributed by atoms with van der Waals surface area (Å²) in [4.78, 5) is 20.9. The van der Waals surface area contributed by atoms with Crippen molar-refractivity contribution in [3.8, 4) is 28.7 Å². The maximum absolute atomic E-state index is 10.6. The molecule has 25 heavy (non-hydrogen) atoms. The van der Waals surface area contributed by atoms with Gasteiger partial charge in [0.25, 0.3) is 0 Å². The van der Waals surface area contributed by atoms with Crippen molar-refractivity contribution in [1.29, 1.82) is 0 Å². The number of aromatic carboxylic acids is 1. The topological polar surface area (TPSA) is 156 Å². The first-order valence-electron chi connectivity index (χ1n) is 6.80. The van der Waals surface area contributed by atoms with Crippen LogP contribution in [0.1, 0.15) is 22.8 Å². The molecule has 6 N–H and O–H groups in total. The van der Waals surface area contributed by atoms with Crippen molar-refractivity contribution in [2.24, 2.45) is 0 Å². The van der Waals surface area contributed by atoms with E-state index in [0.29, 0.717) is 5.56 Å². The van der Waals surface area contributed by atoms with Gasteiger partial charge in [-0.1, -0.05) is 12.1 Å². The van der Waals surface area contributed by atoms with Gasteiger partial charge < -0.3 is 30.6 Å². The van der Waals surface area contributed by atoms with Gasteiger partial charge in [-0.15, -0.1) is 0 Å². The number of aromatic hydroxyl groups is 5. The van der Waals surface area contributed by atoms with Crippen molar-refractivity contribution in [3.63, 3.8) is 0 Å². The number of phenolic OH excluding ortho intramolecular Hbond substituents is 5. The average molecular weight is 348 g/mol. The summed E-state index contributed by atoms with van der Waals surface area (Å²) in [6, 6.07) is 6.05. The van der Waals surface area contributed by atoms with Crippen LogP contribution in [0.15, 0.2) is 36.4 Å². The number of carbonyl (C=O) groups excluding carboxylic acids is 1. The number of carboxylic acid groups (broad SMARTS) is 1. The second-order valence-electron chi connectivity index (χ2n) is 4.86. The number of hydrogen-bond acceptors (Lipinski definition) is 7. The predicted octanol–water partition coefficient (Wildman–Crippen LogP) is 2.20. The molecule has 0 amide bonds. The highest BCUT2D eigenvalue weighted by molar-refractivity contribution is 5.91. The minimum atomic E-state index is -1.29. The van der Waals surface area contributed by atoms with E-state index in [2.05, 4.69) is 0 Å². The van der Waals surface area contributed by atoms with Gasteiger partial charge in [0.1, 0.15) is 0 Å². The number of allylic oxidation sites excluding steroid dienone is 1. The van der Waals surface area contributed by atoms with Crippen LogP contribution in [-0.2, 0) is 4.79 Å². The van der Waals surface area contributed by atoms with E-state index in [9.17, 15) is 9.59 Å². The van der Waals surface area contributed by atoms with Crippen molar-refractivity contribution in [3.05, 3.63) is 47.5 Å². The van der Waals surface area contributed by atoms with Gasteiger partial charge in [-0.25, -0.2) is 4.79 Å². The number of rotatable bonds is 3. The molecule has 0 unspecified atom stereocenters. The largest absolute Gasteiger partial charge is 0.504 e. The van der Waals surface area contributed by atoms with E-state index < -0.39 is 23.2 Å². The number of carboxylic acids is 1. The Hall–Kier alpha value is -3.68. The fourth-order valence-corrected chi connectivity index (χ4v) is 1.59. The second kappa shape index (κ2) is 8.25. The molecule has 0 bridgehead atoms. The summed E-state index contributed by atoms with van der Waals surface area (Å²) in [5, 5.41) is 53.0. The Bertz CT molecular complexity index is 800. The standard InChI is InChI=1S/C10H10O3.C7H6O5/c1-7(11)2-3-8-4-5-9(12)10(13)6-8;8-4-1-3(7(11)12)2-5(9)6(4)10/h2-6,12-13H,1H3;1-2,8-10H,(H,11,12)/b3-2+;. The first-order valence-corrected chi connectivity index (χ1v) is 6.80. The summed E-state index contributed by atoms with van der Waals surface area (Å²) in [6.45, 7) is 1.44. The molecule has 8 nitrogen and oxygen atoms in total. The van der Waals surface area contributed by atoms with Crippen molar-refractivity contribution in [2.75, 3.05) is 0 Å². The second-order valence-corrected chi connectivity index (χ2v) is 4.86.